The normalized spacial score (nSPS) is 12.7. The summed E-state index contributed by atoms with van der Waals surface area (Å²) in [6.07, 6.45) is 15.3. The van der Waals surface area contributed by atoms with E-state index in [1.807, 2.05) is 6.92 Å². The Bertz CT molecular complexity index is 999. The van der Waals surface area contributed by atoms with Gasteiger partial charge in [-0.05, 0) is 68.5 Å². The molecule has 1 N–H and O–H groups in total. The Morgan fingerprint density at radius 1 is 1.15 bits per heavy atom. The van der Waals surface area contributed by atoms with Crippen LogP contribution in [0.5, 0.6) is 0 Å². The van der Waals surface area contributed by atoms with Gasteiger partial charge >= 0.3 is 12.1 Å². The van der Waals surface area contributed by atoms with Gasteiger partial charge < -0.3 is 14.8 Å². The summed E-state index contributed by atoms with van der Waals surface area (Å²) >= 11 is 0. The van der Waals surface area contributed by atoms with Crippen LogP contribution in [0, 0.1) is 18.3 Å². The molecule has 4 nitrogen and oxygen atoms in total. The fourth-order valence-electron chi connectivity index (χ4n) is 3.21. The molecule has 0 heterocycles. The maximum atomic E-state index is 13.1. The molecule has 0 saturated heterocycles. The smallest absolute Gasteiger partial charge is 0.416 e. The van der Waals surface area contributed by atoms with E-state index in [1.54, 1.807) is 26.0 Å². The van der Waals surface area contributed by atoms with E-state index < -0.39 is 11.7 Å². The number of terminal acetylenes is 1. The second-order valence-electron chi connectivity index (χ2n) is 8.64. The Morgan fingerprint density at radius 3 is 2.27 bits per heavy atom. The zero-order valence-corrected chi connectivity index (χ0v) is 25.5. The number of esters is 1. The molecule has 0 fully saturated rings. The number of rotatable bonds is 13. The van der Waals surface area contributed by atoms with Gasteiger partial charge in [-0.15, -0.1) is 12.3 Å². The van der Waals surface area contributed by atoms with E-state index in [0.29, 0.717) is 35.4 Å². The lowest BCUT2D eigenvalue weighted by atomic mass is 9.94. The summed E-state index contributed by atoms with van der Waals surface area (Å²) in [5.41, 5.74) is 1.08. The van der Waals surface area contributed by atoms with Crippen LogP contribution in [0.1, 0.15) is 83.9 Å². The molecule has 0 aliphatic rings. The van der Waals surface area contributed by atoms with Crippen LogP contribution in [0.3, 0.4) is 0 Å². The van der Waals surface area contributed by atoms with Crippen LogP contribution < -0.4 is 5.32 Å². The van der Waals surface area contributed by atoms with Crippen molar-refractivity contribution in [2.24, 2.45) is 5.92 Å². The number of allylic oxidation sites excluding steroid dienone is 7. The number of carbonyl (C=O) groups is 1. The summed E-state index contributed by atoms with van der Waals surface area (Å²) in [4.78, 5) is 11.4. The minimum atomic E-state index is -4.42. The molecule has 1 rings (SSSR count). The van der Waals surface area contributed by atoms with Crippen LogP contribution in [0.2, 0.25) is 0 Å². The minimum Gasteiger partial charge on any atom is -0.496 e. The molecule has 0 aliphatic carbocycles. The largest absolute Gasteiger partial charge is 0.496 e. The summed E-state index contributed by atoms with van der Waals surface area (Å²) in [7, 11) is 2.81. The highest BCUT2D eigenvalue weighted by atomic mass is 19.4. The summed E-state index contributed by atoms with van der Waals surface area (Å²) in [5, 5.41) is 3.07. The van der Waals surface area contributed by atoms with Gasteiger partial charge in [-0.25, -0.2) is 0 Å². The number of hydrogen-bond acceptors (Lipinski definition) is 4. The average molecular weight is 564 g/mol. The third kappa shape index (κ3) is 17.4. The number of methoxy groups -OCH3 is 2. The quantitative estimate of drug-likeness (QED) is 0.113. The minimum absolute atomic E-state index is 0.171. The Hall–Kier alpha value is -3.24. The van der Waals surface area contributed by atoms with Crippen LogP contribution in [-0.4, -0.2) is 26.7 Å². The third-order valence-corrected chi connectivity index (χ3v) is 5.53. The van der Waals surface area contributed by atoms with Gasteiger partial charge in [0.15, 0.2) is 0 Å². The highest BCUT2D eigenvalue weighted by molar-refractivity contribution is 5.80. The van der Waals surface area contributed by atoms with E-state index in [0.717, 1.165) is 24.5 Å². The van der Waals surface area contributed by atoms with Crippen LogP contribution in [0.25, 0.3) is 5.57 Å². The predicted molar refractivity (Wildman–Crippen MR) is 161 cm³/mol. The number of nitrogens with one attached hydrogen (secondary N) is 1. The first kappa shape index (κ1) is 38.9. The van der Waals surface area contributed by atoms with Gasteiger partial charge in [0, 0.05) is 18.5 Å². The van der Waals surface area contributed by atoms with Crippen LogP contribution >= 0.6 is 0 Å². The highest BCUT2D eigenvalue weighted by Crippen LogP contribution is 2.34. The van der Waals surface area contributed by atoms with Crippen molar-refractivity contribution < 1.29 is 27.4 Å². The van der Waals surface area contributed by atoms with E-state index in [2.05, 4.69) is 67.5 Å². The first-order valence-corrected chi connectivity index (χ1v) is 13.6. The predicted octanol–water partition coefficient (Wildman–Crippen LogP) is 8.90. The summed E-state index contributed by atoms with van der Waals surface area (Å²) < 4.78 is 49.4. The standard InChI is InChI=1S/C20H26F3NO3.C10H18.C3H4/c1-5-18(26-3)17(8-7-9-19(25)27-4)16-11-10-15(20(21,22)23)12-14(16)13-24-6-2;1-4-6-7-8-9-10(3)5-2;1-3-2/h5,8,10-12,24H,6-7,9,13H2,1-4H3;6-10H,4-5H2,1-3H3;1H,2H3/b17-8-,18-5+;7-6-,9-8-;. The van der Waals surface area contributed by atoms with E-state index in [1.165, 1.54) is 26.7 Å². The van der Waals surface area contributed by atoms with Crippen molar-refractivity contribution in [1.82, 2.24) is 5.32 Å². The zero-order valence-electron chi connectivity index (χ0n) is 25.5. The monoisotopic (exact) mass is 563 g/mol. The summed E-state index contributed by atoms with van der Waals surface area (Å²) in [5.74, 6) is 3.14. The molecular weight excluding hydrogens is 515 g/mol. The van der Waals surface area contributed by atoms with Gasteiger partial charge in [-0.1, -0.05) is 70.6 Å². The molecule has 0 amide bonds. The fourth-order valence-corrected chi connectivity index (χ4v) is 3.21. The first-order chi connectivity index (χ1) is 19.0. The molecule has 0 bridgehead atoms. The molecule has 0 aliphatic heterocycles. The molecule has 1 aromatic rings. The van der Waals surface area contributed by atoms with Gasteiger partial charge in [0.1, 0.15) is 5.76 Å². The van der Waals surface area contributed by atoms with Gasteiger partial charge in [-0.2, -0.15) is 13.2 Å². The van der Waals surface area contributed by atoms with Crippen LogP contribution in [0.15, 0.2) is 60.4 Å². The molecule has 1 atom stereocenters. The first-order valence-electron chi connectivity index (χ1n) is 13.6. The summed E-state index contributed by atoms with van der Waals surface area (Å²) in [6, 6.07) is 3.65. The molecule has 0 aromatic heterocycles. The second kappa shape index (κ2) is 23.6. The van der Waals surface area contributed by atoms with Crippen molar-refractivity contribution in [1.29, 1.82) is 0 Å². The number of ether oxygens (including phenoxy) is 2. The maximum absolute atomic E-state index is 13.1. The number of carbonyl (C=O) groups excluding carboxylic acids is 1. The Labute approximate surface area is 240 Å². The maximum Gasteiger partial charge on any atom is 0.416 e. The van der Waals surface area contributed by atoms with Crippen molar-refractivity contribution in [3.05, 3.63) is 77.1 Å². The van der Waals surface area contributed by atoms with Crippen molar-refractivity contribution in [3.8, 4) is 12.3 Å². The van der Waals surface area contributed by atoms with Gasteiger partial charge in [-0.3, -0.25) is 4.79 Å². The van der Waals surface area contributed by atoms with Crippen LogP contribution in [-0.2, 0) is 27.0 Å². The summed E-state index contributed by atoms with van der Waals surface area (Å²) in [6.45, 7) is 12.8. The van der Waals surface area contributed by atoms with Crippen molar-refractivity contribution >= 4 is 11.5 Å². The molecule has 0 saturated carbocycles. The van der Waals surface area contributed by atoms with Crippen molar-refractivity contribution in [3.63, 3.8) is 0 Å². The average Bonchev–Trinajstić information content (AvgIpc) is 2.93. The second-order valence-corrected chi connectivity index (χ2v) is 8.64. The molecule has 0 spiro atoms. The highest BCUT2D eigenvalue weighted by Gasteiger charge is 2.31. The van der Waals surface area contributed by atoms with E-state index in [9.17, 15) is 18.0 Å². The topological polar surface area (TPSA) is 47.6 Å². The number of alkyl halides is 3. The Balaban J connectivity index is 0. The lowest BCUT2D eigenvalue weighted by Gasteiger charge is -2.18. The number of halogens is 3. The fraction of sp³-hybridized carbons (Fsp3) is 0.485. The van der Waals surface area contributed by atoms with E-state index >= 15 is 0 Å². The van der Waals surface area contributed by atoms with Crippen molar-refractivity contribution in [2.75, 3.05) is 20.8 Å². The third-order valence-electron chi connectivity index (χ3n) is 5.53. The molecular formula is C33H48F3NO3. The molecule has 1 aromatic carbocycles. The Morgan fingerprint density at radius 2 is 1.80 bits per heavy atom. The molecule has 40 heavy (non-hydrogen) atoms. The van der Waals surface area contributed by atoms with Crippen LogP contribution in [0.4, 0.5) is 13.2 Å². The Kier molecular flexibility index (Phi) is 23.0. The van der Waals surface area contributed by atoms with Gasteiger partial charge in [0.25, 0.3) is 0 Å². The lowest BCUT2D eigenvalue weighted by molar-refractivity contribution is -0.140. The van der Waals surface area contributed by atoms with Gasteiger partial charge in [0.2, 0.25) is 0 Å². The number of hydrogen-bond donors (Lipinski definition) is 1. The SMILES string of the molecule is C#CC.C/C=C(OC)\C(=C/CCC(=O)OC)c1ccc(C(F)(F)F)cc1CNCC.CC/C=C\C=C/C(C)CC. The van der Waals surface area contributed by atoms with Crippen molar-refractivity contribution in [2.45, 2.75) is 79.9 Å². The van der Waals surface area contributed by atoms with Gasteiger partial charge in [0.05, 0.1) is 19.8 Å². The molecule has 1 unspecified atom stereocenters. The molecule has 7 heteroatoms. The zero-order chi connectivity index (χ0) is 31.0. The lowest BCUT2D eigenvalue weighted by Crippen LogP contribution is -2.15. The van der Waals surface area contributed by atoms with E-state index in [-0.39, 0.29) is 18.9 Å². The number of benzene rings is 1. The molecule has 224 valence electrons. The molecule has 0 radical (unpaired) electrons. The van der Waals surface area contributed by atoms with E-state index in [4.69, 9.17) is 4.74 Å².